The summed E-state index contributed by atoms with van der Waals surface area (Å²) in [6, 6.07) is 12.2. The molecular weight excluding hydrogens is 314 g/mol. The van der Waals surface area contributed by atoms with E-state index < -0.39 is 0 Å². The van der Waals surface area contributed by atoms with E-state index in [-0.39, 0.29) is 6.10 Å². The first-order chi connectivity index (χ1) is 12.1. The van der Waals surface area contributed by atoms with Crippen molar-refractivity contribution in [2.75, 3.05) is 34.3 Å². The summed E-state index contributed by atoms with van der Waals surface area (Å²) in [6.45, 7) is 3.69. The fourth-order valence-electron chi connectivity index (χ4n) is 3.24. The Balaban J connectivity index is 1.56. The van der Waals surface area contributed by atoms with Crippen LogP contribution in [-0.2, 0) is 13.1 Å². The van der Waals surface area contributed by atoms with Crippen molar-refractivity contribution in [1.29, 1.82) is 0 Å². The first kappa shape index (κ1) is 17.7. The zero-order valence-electron chi connectivity index (χ0n) is 15.3. The van der Waals surface area contributed by atoms with Gasteiger partial charge in [-0.15, -0.1) is 0 Å². The van der Waals surface area contributed by atoms with Crippen molar-refractivity contribution < 1.29 is 9.47 Å². The Kier molecular flexibility index (Phi) is 5.89. The molecule has 1 aromatic carbocycles. The highest BCUT2D eigenvalue weighted by Crippen LogP contribution is 2.24. The minimum atomic E-state index is 0.226. The molecule has 0 spiro atoms. The van der Waals surface area contributed by atoms with Crippen LogP contribution in [0.4, 0.5) is 0 Å². The van der Waals surface area contributed by atoms with Crippen LogP contribution in [0, 0.1) is 0 Å². The maximum absolute atomic E-state index is 6.19. The minimum Gasteiger partial charge on any atom is -0.496 e. The molecule has 1 saturated heterocycles. The van der Waals surface area contributed by atoms with E-state index in [1.807, 2.05) is 44.6 Å². The van der Waals surface area contributed by atoms with Gasteiger partial charge in [0.1, 0.15) is 17.6 Å². The number of pyridine rings is 1. The van der Waals surface area contributed by atoms with Gasteiger partial charge in [-0.2, -0.15) is 0 Å². The second-order valence-corrected chi connectivity index (χ2v) is 6.80. The molecule has 1 unspecified atom stereocenters. The molecule has 25 heavy (non-hydrogen) atoms. The van der Waals surface area contributed by atoms with E-state index in [1.54, 1.807) is 7.11 Å². The third-order valence-corrected chi connectivity index (χ3v) is 4.38. The Morgan fingerprint density at radius 2 is 2.08 bits per heavy atom. The number of nitrogens with zero attached hydrogens (tertiary/aromatic N) is 3. The summed E-state index contributed by atoms with van der Waals surface area (Å²) in [5, 5.41) is 0. The third-order valence-electron chi connectivity index (χ3n) is 4.38. The summed E-state index contributed by atoms with van der Waals surface area (Å²) >= 11 is 0. The van der Waals surface area contributed by atoms with Crippen molar-refractivity contribution in [3.05, 3.63) is 53.9 Å². The first-order valence-corrected chi connectivity index (χ1v) is 8.74. The molecule has 1 fully saturated rings. The highest BCUT2D eigenvalue weighted by atomic mass is 16.5. The fraction of sp³-hybridized carbons (Fsp3) is 0.450. The number of para-hydroxylation sites is 1. The molecule has 0 aliphatic carbocycles. The van der Waals surface area contributed by atoms with Gasteiger partial charge in [-0.25, -0.2) is 0 Å². The normalized spacial score (nSPS) is 17.8. The van der Waals surface area contributed by atoms with Crippen LogP contribution in [0.5, 0.6) is 11.5 Å². The molecule has 1 aliphatic heterocycles. The largest absolute Gasteiger partial charge is 0.496 e. The number of rotatable bonds is 7. The van der Waals surface area contributed by atoms with E-state index in [0.717, 1.165) is 49.8 Å². The molecule has 1 aromatic heterocycles. The smallest absolute Gasteiger partial charge is 0.123 e. The molecule has 5 heteroatoms. The number of hydrogen-bond acceptors (Lipinski definition) is 5. The second-order valence-electron chi connectivity index (χ2n) is 6.80. The lowest BCUT2D eigenvalue weighted by atomic mass is 10.2. The zero-order chi connectivity index (χ0) is 17.6. The fourth-order valence-corrected chi connectivity index (χ4v) is 3.24. The summed E-state index contributed by atoms with van der Waals surface area (Å²) < 4.78 is 11.6. The number of likely N-dealkylation sites (tertiary alicyclic amines) is 1. The molecule has 0 radical (unpaired) electrons. The van der Waals surface area contributed by atoms with Gasteiger partial charge in [0.25, 0.3) is 0 Å². The van der Waals surface area contributed by atoms with E-state index >= 15 is 0 Å². The van der Waals surface area contributed by atoms with E-state index in [4.69, 9.17) is 9.47 Å². The van der Waals surface area contributed by atoms with Crippen LogP contribution in [0.1, 0.15) is 17.7 Å². The summed E-state index contributed by atoms with van der Waals surface area (Å²) in [4.78, 5) is 8.93. The van der Waals surface area contributed by atoms with Gasteiger partial charge in [-0.1, -0.05) is 18.2 Å². The Morgan fingerprint density at radius 1 is 1.24 bits per heavy atom. The average molecular weight is 341 g/mol. The highest BCUT2D eigenvalue weighted by Gasteiger charge is 2.24. The summed E-state index contributed by atoms with van der Waals surface area (Å²) in [6.07, 6.45) is 3.10. The van der Waals surface area contributed by atoms with Gasteiger partial charge in [0.05, 0.1) is 12.8 Å². The lowest BCUT2D eigenvalue weighted by molar-refractivity contribution is 0.197. The lowest BCUT2D eigenvalue weighted by Crippen LogP contribution is -2.24. The van der Waals surface area contributed by atoms with Crippen molar-refractivity contribution in [2.45, 2.75) is 25.6 Å². The Bertz CT molecular complexity index is 690. The van der Waals surface area contributed by atoms with Gasteiger partial charge >= 0.3 is 0 Å². The van der Waals surface area contributed by atoms with Gasteiger partial charge < -0.3 is 14.4 Å². The molecule has 0 saturated carbocycles. The highest BCUT2D eigenvalue weighted by molar-refractivity contribution is 5.33. The van der Waals surface area contributed by atoms with Crippen LogP contribution < -0.4 is 9.47 Å². The van der Waals surface area contributed by atoms with Gasteiger partial charge in [0, 0.05) is 44.0 Å². The Morgan fingerprint density at radius 3 is 2.88 bits per heavy atom. The lowest BCUT2D eigenvalue weighted by Gasteiger charge is -2.18. The number of aromatic nitrogens is 1. The minimum absolute atomic E-state index is 0.226. The summed E-state index contributed by atoms with van der Waals surface area (Å²) in [5.74, 6) is 1.87. The summed E-state index contributed by atoms with van der Waals surface area (Å²) in [7, 11) is 5.81. The van der Waals surface area contributed by atoms with Gasteiger partial charge in [-0.3, -0.25) is 9.88 Å². The first-order valence-electron chi connectivity index (χ1n) is 8.74. The molecule has 134 valence electrons. The number of ether oxygens (including phenoxy) is 2. The topological polar surface area (TPSA) is 37.8 Å². The van der Waals surface area contributed by atoms with E-state index in [1.165, 1.54) is 5.56 Å². The SMILES string of the molecule is COc1ccccc1CN1CCC(Oc2ccnc(CN(C)C)c2)C1. The third kappa shape index (κ3) is 4.94. The molecule has 2 aromatic rings. The van der Waals surface area contributed by atoms with Crippen molar-refractivity contribution in [1.82, 2.24) is 14.8 Å². The van der Waals surface area contributed by atoms with E-state index in [0.29, 0.717) is 0 Å². The number of hydrogen-bond donors (Lipinski definition) is 0. The average Bonchev–Trinajstić information content (AvgIpc) is 3.02. The second kappa shape index (κ2) is 8.32. The van der Waals surface area contributed by atoms with Gasteiger partial charge in [0.15, 0.2) is 0 Å². The maximum atomic E-state index is 6.19. The summed E-state index contributed by atoms with van der Waals surface area (Å²) in [5.41, 5.74) is 2.26. The number of methoxy groups -OCH3 is 1. The van der Waals surface area contributed by atoms with Crippen molar-refractivity contribution >= 4 is 0 Å². The molecule has 0 bridgehead atoms. The van der Waals surface area contributed by atoms with E-state index in [2.05, 4.69) is 26.9 Å². The van der Waals surface area contributed by atoms with Crippen LogP contribution in [0.3, 0.4) is 0 Å². The van der Waals surface area contributed by atoms with Crippen molar-refractivity contribution in [3.63, 3.8) is 0 Å². The Hall–Kier alpha value is -2.11. The quantitative estimate of drug-likeness (QED) is 0.774. The molecule has 0 amide bonds. The van der Waals surface area contributed by atoms with Crippen LogP contribution in [0.25, 0.3) is 0 Å². The van der Waals surface area contributed by atoms with Gasteiger partial charge in [-0.05, 0) is 32.6 Å². The molecule has 0 N–H and O–H groups in total. The van der Waals surface area contributed by atoms with Crippen LogP contribution in [0.2, 0.25) is 0 Å². The van der Waals surface area contributed by atoms with Crippen LogP contribution >= 0.6 is 0 Å². The molecule has 3 rings (SSSR count). The molecule has 1 atom stereocenters. The van der Waals surface area contributed by atoms with E-state index in [9.17, 15) is 0 Å². The van der Waals surface area contributed by atoms with Crippen LogP contribution in [-0.4, -0.2) is 55.2 Å². The van der Waals surface area contributed by atoms with Crippen molar-refractivity contribution in [2.24, 2.45) is 0 Å². The Labute approximate surface area is 150 Å². The predicted octanol–water partition coefficient (Wildman–Crippen LogP) is 2.81. The van der Waals surface area contributed by atoms with Crippen molar-refractivity contribution in [3.8, 4) is 11.5 Å². The molecular formula is C20H27N3O2. The predicted molar refractivity (Wildman–Crippen MR) is 98.9 cm³/mol. The monoisotopic (exact) mass is 341 g/mol. The zero-order valence-corrected chi connectivity index (χ0v) is 15.3. The van der Waals surface area contributed by atoms with Gasteiger partial charge in [0.2, 0.25) is 0 Å². The number of benzene rings is 1. The maximum Gasteiger partial charge on any atom is 0.123 e. The van der Waals surface area contributed by atoms with Crippen LogP contribution in [0.15, 0.2) is 42.6 Å². The molecule has 2 heterocycles. The standard InChI is InChI=1S/C20H27N3O2/c1-22(2)14-17-12-18(8-10-21-17)25-19-9-11-23(15-19)13-16-6-4-5-7-20(16)24-3/h4-8,10,12,19H,9,11,13-15H2,1-3H3. The molecule has 5 nitrogen and oxygen atoms in total. The molecule has 1 aliphatic rings.